The number of rotatable bonds is 0. The van der Waals surface area contributed by atoms with Crippen molar-refractivity contribution < 1.29 is 0 Å². The number of hydrogen-bond donors (Lipinski definition) is 1. The molecule has 0 aliphatic heterocycles. The molecule has 1 unspecified atom stereocenters. The Labute approximate surface area is 45.4 Å². The topological polar surface area (TPSA) is 0 Å². The van der Waals surface area contributed by atoms with Gasteiger partial charge in [-0.2, -0.15) is 0 Å². The third-order valence-electron chi connectivity index (χ3n) is 0. The molecule has 0 fully saturated rings. The molecule has 22 valence electrons. The molecule has 0 nitrogen and oxygen atoms in total. The van der Waals surface area contributed by atoms with Crippen LogP contribution in [0.15, 0.2) is 0 Å². The van der Waals surface area contributed by atoms with Crippen LogP contribution >= 0.6 is 38.4 Å². The fourth-order valence-electron chi connectivity index (χ4n) is 0. The van der Waals surface area contributed by atoms with Crippen LogP contribution in [-0.4, -0.2) is 7.01 Å². The third kappa shape index (κ3) is 9.86. The van der Waals surface area contributed by atoms with Crippen LogP contribution in [0.2, 0.25) is 0 Å². The second kappa shape index (κ2) is 2.67. The van der Waals surface area contributed by atoms with E-state index >= 15 is 0 Å². The van der Waals surface area contributed by atoms with E-state index in [1.54, 1.807) is 0 Å². The quantitative estimate of drug-likeness (QED) is 0.263. The van der Waals surface area contributed by atoms with Crippen molar-refractivity contribution >= 4 is 45.4 Å². The predicted molar refractivity (Wildman–Crippen MR) is 35.7 cm³/mol. The van der Waals surface area contributed by atoms with Gasteiger partial charge >= 0.3 is 45.4 Å². The molecule has 4 heteroatoms. The third-order valence-corrected chi connectivity index (χ3v) is 0. The fraction of sp³-hybridized carbons (Fsp3) is 0. The van der Waals surface area contributed by atoms with Crippen LogP contribution in [0.5, 0.6) is 0 Å². The monoisotopic (exact) mass is 202 g/mol. The molecular formula is HBIPS. The van der Waals surface area contributed by atoms with Gasteiger partial charge in [0.2, 0.25) is 0 Å². The van der Waals surface area contributed by atoms with E-state index in [9.17, 15) is 0 Å². The molecule has 4 heavy (non-hydrogen) atoms. The molecule has 0 aliphatic carbocycles. The van der Waals surface area contributed by atoms with E-state index in [0.717, 1.165) is 0 Å². The second-order valence-corrected chi connectivity index (χ2v) is 7.57. The molecular weight excluding hydrogens is 201 g/mol. The number of halogens is 1. The summed E-state index contributed by atoms with van der Waals surface area (Å²) in [5, 5.41) is 0. The van der Waals surface area contributed by atoms with Gasteiger partial charge in [0.25, 0.3) is 0 Å². The van der Waals surface area contributed by atoms with E-state index in [-0.39, 0.29) is 0 Å². The molecule has 0 heterocycles. The Kier molecular flexibility index (Phi) is 3.63. The maximum atomic E-state index is 5.03. The van der Waals surface area contributed by atoms with E-state index in [4.69, 9.17) is 7.01 Å². The van der Waals surface area contributed by atoms with Gasteiger partial charge in [0.05, 0.1) is 0 Å². The molecule has 0 aromatic heterocycles. The predicted octanol–water partition coefficient (Wildman–Crippen LogP) is 1.75. The van der Waals surface area contributed by atoms with E-state index < -0.39 is 4.08 Å². The Morgan fingerprint density at radius 2 is 2.00 bits per heavy atom. The molecule has 0 aromatic rings. The molecule has 0 N–H and O–H groups in total. The average Bonchev–Trinajstić information content (AvgIpc) is 0.811. The maximum absolute atomic E-state index is 5.03. The standard InChI is InChI=1S/BHIPS/c1-3(2)4/h4H. The Balaban J connectivity index is 3.02. The zero-order valence-corrected chi connectivity index (χ0v) is 5.80. The summed E-state index contributed by atoms with van der Waals surface area (Å²) in [6.45, 7) is 0. The molecule has 0 rings (SSSR count). The zero-order chi connectivity index (χ0) is 3.58. The molecule has 0 amide bonds. The minimum atomic E-state index is -0.456. The van der Waals surface area contributed by atoms with Crippen molar-refractivity contribution in [1.29, 1.82) is 0 Å². The van der Waals surface area contributed by atoms with Crippen molar-refractivity contribution in [2.45, 2.75) is 0 Å². The average molecular weight is 202 g/mol. The van der Waals surface area contributed by atoms with Gasteiger partial charge in [-0.25, -0.2) is 0 Å². The van der Waals surface area contributed by atoms with Crippen molar-refractivity contribution in [3.05, 3.63) is 0 Å². The van der Waals surface area contributed by atoms with Gasteiger partial charge in [0, 0.05) is 0 Å². The summed E-state index contributed by atoms with van der Waals surface area (Å²) in [4.78, 5) is 0. The van der Waals surface area contributed by atoms with Crippen molar-refractivity contribution in [1.82, 2.24) is 0 Å². The summed E-state index contributed by atoms with van der Waals surface area (Å²) >= 11 is 5.85. The number of thiol groups is 1. The Bertz CT molecular complexity index is 54.2. The van der Waals surface area contributed by atoms with Crippen LogP contribution < -0.4 is 0 Å². The second-order valence-electron chi connectivity index (χ2n) is 0.289. The van der Waals surface area contributed by atoms with Gasteiger partial charge in [-0.15, -0.1) is 0 Å². The molecule has 0 spiro atoms. The van der Waals surface area contributed by atoms with Crippen LogP contribution in [0.1, 0.15) is 0 Å². The van der Waals surface area contributed by atoms with E-state index in [2.05, 4.69) is 34.3 Å². The number of hydrogen-bond acceptors (Lipinski definition) is 1. The first-order valence-electron chi connectivity index (χ1n) is 0.627. The summed E-state index contributed by atoms with van der Waals surface area (Å²) in [5.74, 6) is 0. The molecule has 0 bridgehead atoms. The van der Waals surface area contributed by atoms with Crippen LogP contribution in [0.4, 0.5) is 0 Å². The summed E-state index contributed by atoms with van der Waals surface area (Å²) in [6, 6.07) is 0. The van der Waals surface area contributed by atoms with E-state index in [1.807, 2.05) is 0 Å². The first kappa shape index (κ1) is 5.44. The van der Waals surface area contributed by atoms with Gasteiger partial charge in [-0.3, -0.25) is 0 Å². The zero-order valence-electron chi connectivity index (χ0n) is 1.85. The Hall–Kier alpha value is 1.44. The minimum absolute atomic E-state index is 0.456. The molecule has 0 aromatic carbocycles. The van der Waals surface area contributed by atoms with Crippen molar-refractivity contribution in [3.8, 4) is 0 Å². The Morgan fingerprint density at radius 1 is 2.00 bits per heavy atom. The van der Waals surface area contributed by atoms with Gasteiger partial charge in [0.15, 0.2) is 0 Å². The van der Waals surface area contributed by atoms with Gasteiger partial charge in [-0.05, 0) is 0 Å². The molecule has 0 saturated heterocycles. The van der Waals surface area contributed by atoms with Crippen LogP contribution in [0.3, 0.4) is 0 Å². The van der Waals surface area contributed by atoms with Crippen LogP contribution in [0.25, 0.3) is 0 Å². The summed E-state index contributed by atoms with van der Waals surface area (Å²) < 4.78 is -0.456. The van der Waals surface area contributed by atoms with Gasteiger partial charge in [0.1, 0.15) is 0 Å². The molecule has 0 aliphatic rings. The normalized spacial score (nSPS) is 11.5. The van der Waals surface area contributed by atoms with Crippen molar-refractivity contribution in [2.24, 2.45) is 0 Å². The van der Waals surface area contributed by atoms with Crippen molar-refractivity contribution in [3.63, 3.8) is 0 Å². The van der Waals surface area contributed by atoms with E-state index in [1.165, 1.54) is 0 Å². The summed E-state index contributed by atoms with van der Waals surface area (Å²) in [5.41, 5.74) is 0. The molecule has 1 atom stereocenters. The fourth-order valence-corrected chi connectivity index (χ4v) is 0. The SMILES string of the molecule is B#P(S)I. The van der Waals surface area contributed by atoms with Crippen LogP contribution in [0, 0.1) is 0 Å². The first-order chi connectivity index (χ1) is 1.73. The van der Waals surface area contributed by atoms with Gasteiger partial charge < -0.3 is 0 Å². The Morgan fingerprint density at radius 3 is 2.00 bits per heavy atom. The van der Waals surface area contributed by atoms with Crippen LogP contribution in [-0.2, 0) is 0 Å². The van der Waals surface area contributed by atoms with Crippen molar-refractivity contribution in [2.75, 3.05) is 0 Å². The molecule has 0 radical (unpaired) electrons. The molecule has 0 saturated carbocycles. The van der Waals surface area contributed by atoms with Gasteiger partial charge in [-0.1, -0.05) is 0 Å². The summed E-state index contributed by atoms with van der Waals surface area (Å²) in [7, 11) is 5.03. The van der Waals surface area contributed by atoms with E-state index in [0.29, 0.717) is 0 Å². The first-order valence-corrected chi connectivity index (χ1v) is 5.98. The summed E-state index contributed by atoms with van der Waals surface area (Å²) in [6.07, 6.45) is 0.